The van der Waals surface area contributed by atoms with Crippen molar-refractivity contribution in [2.45, 2.75) is 63.8 Å². The molecule has 0 aromatic carbocycles. The van der Waals surface area contributed by atoms with Crippen molar-refractivity contribution in [3.63, 3.8) is 0 Å². The zero-order valence-electron chi connectivity index (χ0n) is 10.7. The first-order valence-electron chi connectivity index (χ1n) is 6.40. The zero-order chi connectivity index (χ0) is 11.3. The van der Waals surface area contributed by atoms with Gasteiger partial charge in [-0.3, -0.25) is 0 Å². The van der Waals surface area contributed by atoms with Gasteiger partial charge in [0, 0.05) is 0 Å². The van der Waals surface area contributed by atoms with E-state index in [9.17, 15) is 0 Å². The van der Waals surface area contributed by atoms with Crippen molar-refractivity contribution < 1.29 is 8.23 Å². The fraction of sp³-hybridized carbons (Fsp3) is 1.00. The first-order valence-corrected chi connectivity index (χ1v) is 13.6. The Balaban J connectivity index is 2.45. The van der Waals surface area contributed by atoms with Crippen LogP contribution in [0.15, 0.2) is 0 Å². The number of rotatable bonds is 5. The van der Waals surface area contributed by atoms with Gasteiger partial charge in [-0.25, -0.2) is 0 Å². The van der Waals surface area contributed by atoms with Gasteiger partial charge in [0.1, 0.15) is 0 Å². The highest BCUT2D eigenvalue weighted by Crippen LogP contribution is 2.32. The normalized spacial score (nSPS) is 19.4. The van der Waals surface area contributed by atoms with E-state index in [1.54, 1.807) is 0 Å². The Kier molecular flexibility index (Phi) is 6.37. The van der Waals surface area contributed by atoms with E-state index in [2.05, 4.69) is 26.2 Å². The fourth-order valence-corrected chi connectivity index (χ4v) is 10.1. The SMILES string of the molecule is C[SiH](C)O[SiH](O[SiH](C)C)C1CCCCC1. The lowest BCUT2D eigenvalue weighted by Crippen LogP contribution is -2.37. The molecule has 5 heteroatoms. The Morgan fingerprint density at radius 2 is 1.27 bits per heavy atom. The van der Waals surface area contributed by atoms with E-state index in [0.717, 1.165) is 5.54 Å². The highest BCUT2D eigenvalue weighted by atomic mass is 28.4. The van der Waals surface area contributed by atoms with E-state index >= 15 is 0 Å². The van der Waals surface area contributed by atoms with Crippen molar-refractivity contribution in [3.05, 3.63) is 0 Å². The molecule has 0 N–H and O–H groups in total. The molecule has 0 unspecified atom stereocenters. The molecule has 1 fully saturated rings. The second kappa shape index (κ2) is 7.01. The van der Waals surface area contributed by atoms with Gasteiger partial charge in [0.2, 0.25) is 0 Å². The molecule has 1 aliphatic rings. The minimum absolute atomic E-state index is 0.823. The molecule has 0 amide bonds. The van der Waals surface area contributed by atoms with Crippen molar-refractivity contribution in [3.8, 4) is 0 Å². The maximum atomic E-state index is 6.19. The predicted octanol–water partition coefficient (Wildman–Crippen LogP) is 2.54. The summed E-state index contributed by atoms with van der Waals surface area (Å²) in [5.41, 5.74) is 0.823. The van der Waals surface area contributed by atoms with Gasteiger partial charge in [-0.05, 0) is 44.6 Å². The van der Waals surface area contributed by atoms with Crippen LogP contribution in [0.4, 0.5) is 0 Å². The molecule has 0 saturated heterocycles. The molecule has 0 radical (unpaired) electrons. The third-order valence-corrected chi connectivity index (χ3v) is 10.8. The fourth-order valence-electron chi connectivity index (χ4n) is 2.20. The lowest BCUT2D eigenvalue weighted by molar-refractivity contribution is 0.375. The molecule has 0 heterocycles. The molecule has 1 saturated carbocycles. The highest BCUT2D eigenvalue weighted by Gasteiger charge is 2.29. The third-order valence-electron chi connectivity index (χ3n) is 2.85. The minimum Gasteiger partial charge on any atom is -0.441 e. The third kappa shape index (κ3) is 5.44. The highest BCUT2D eigenvalue weighted by molar-refractivity contribution is 6.68. The van der Waals surface area contributed by atoms with Gasteiger partial charge in [-0.2, -0.15) is 0 Å². The smallest absolute Gasteiger partial charge is 0.303 e. The standard InChI is InChI=1S/C10H26O2Si3/c1-13(2)11-15(12-14(3)4)10-8-6-5-7-9-10/h10,13-15H,5-9H2,1-4H3. The van der Waals surface area contributed by atoms with Crippen molar-refractivity contribution in [2.24, 2.45) is 0 Å². The van der Waals surface area contributed by atoms with Crippen LogP contribution in [0.2, 0.25) is 31.7 Å². The lowest BCUT2D eigenvalue weighted by Gasteiger charge is -2.31. The monoisotopic (exact) mass is 262 g/mol. The van der Waals surface area contributed by atoms with Crippen LogP contribution in [-0.4, -0.2) is 27.4 Å². The molecule has 0 aliphatic heterocycles. The number of hydrogen-bond acceptors (Lipinski definition) is 2. The molecule has 15 heavy (non-hydrogen) atoms. The zero-order valence-corrected chi connectivity index (χ0v) is 14.1. The van der Waals surface area contributed by atoms with Crippen LogP contribution in [-0.2, 0) is 8.23 Å². The van der Waals surface area contributed by atoms with Crippen molar-refractivity contribution >= 4 is 27.4 Å². The Morgan fingerprint density at radius 1 is 0.800 bits per heavy atom. The summed E-state index contributed by atoms with van der Waals surface area (Å²) < 4.78 is 12.4. The van der Waals surface area contributed by atoms with Crippen LogP contribution in [0.1, 0.15) is 32.1 Å². The Labute approximate surface area is 99.7 Å². The first kappa shape index (κ1) is 13.6. The Hall–Kier alpha value is 0.571. The topological polar surface area (TPSA) is 18.5 Å². The average Bonchev–Trinajstić information content (AvgIpc) is 2.17. The van der Waals surface area contributed by atoms with Gasteiger partial charge in [-0.15, -0.1) is 0 Å². The molecule has 0 bridgehead atoms. The molecule has 0 aromatic rings. The minimum atomic E-state index is -1.31. The molecular weight excluding hydrogens is 236 g/mol. The van der Waals surface area contributed by atoms with Crippen LogP contribution in [0, 0.1) is 0 Å². The molecule has 0 atom stereocenters. The molecular formula is C10H26O2Si3. The number of hydrogen-bond donors (Lipinski definition) is 0. The van der Waals surface area contributed by atoms with Gasteiger partial charge in [0.05, 0.1) is 0 Å². The summed E-state index contributed by atoms with van der Waals surface area (Å²) in [5, 5.41) is 0. The lowest BCUT2D eigenvalue weighted by atomic mass is 10.0. The van der Waals surface area contributed by atoms with Crippen LogP contribution >= 0.6 is 0 Å². The second-order valence-corrected chi connectivity index (χ2v) is 13.2. The van der Waals surface area contributed by atoms with E-state index in [0.29, 0.717) is 0 Å². The van der Waals surface area contributed by atoms with E-state index in [-0.39, 0.29) is 0 Å². The first-order chi connectivity index (χ1) is 7.09. The maximum absolute atomic E-state index is 6.19. The van der Waals surface area contributed by atoms with E-state index < -0.39 is 27.4 Å². The molecule has 1 rings (SSSR count). The van der Waals surface area contributed by atoms with Gasteiger partial charge < -0.3 is 8.23 Å². The second-order valence-electron chi connectivity index (χ2n) is 5.14. The van der Waals surface area contributed by atoms with E-state index in [1.165, 1.54) is 32.1 Å². The maximum Gasteiger partial charge on any atom is 0.303 e. The summed E-state index contributed by atoms with van der Waals surface area (Å²) >= 11 is 0. The summed E-state index contributed by atoms with van der Waals surface area (Å²) in [6, 6.07) is 0. The average molecular weight is 263 g/mol. The van der Waals surface area contributed by atoms with E-state index in [1.807, 2.05) is 0 Å². The van der Waals surface area contributed by atoms with Crippen LogP contribution in [0.25, 0.3) is 0 Å². The van der Waals surface area contributed by atoms with Gasteiger partial charge in [0.15, 0.2) is 18.1 Å². The van der Waals surface area contributed by atoms with Gasteiger partial charge in [-0.1, -0.05) is 19.3 Å². The van der Waals surface area contributed by atoms with Crippen LogP contribution in [0.5, 0.6) is 0 Å². The van der Waals surface area contributed by atoms with E-state index in [4.69, 9.17) is 8.23 Å². The Morgan fingerprint density at radius 3 is 1.67 bits per heavy atom. The van der Waals surface area contributed by atoms with Crippen LogP contribution in [0.3, 0.4) is 0 Å². The van der Waals surface area contributed by atoms with Gasteiger partial charge >= 0.3 is 9.28 Å². The predicted molar refractivity (Wildman–Crippen MR) is 73.9 cm³/mol. The summed E-state index contributed by atoms with van der Waals surface area (Å²) in [4.78, 5) is 0. The molecule has 0 spiro atoms. The van der Waals surface area contributed by atoms with Crippen molar-refractivity contribution in [2.75, 3.05) is 0 Å². The summed E-state index contributed by atoms with van der Waals surface area (Å²) in [5.74, 6) is 0. The summed E-state index contributed by atoms with van der Waals surface area (Å²) in [6.07, 6.45) is 6.98. The summed E-state index contributed by atoms with van der Waals surface area (Å²) in [6.45, 7) is 9.09. The molecule has 1 aliphatic carbocycles. The molecule has 2 nitrogen and oxygen atoms in total. The largest absolute Gasteiger partial charge is 0.441 e. The summed E-state index contributed by atoms with van der Waals surface area (Å²) in [7, 11) is -3.11. The molecule has 0 aromatic heterocycles. The Bertz CT molecular complexity index is 160. The quantitative estimate of drug-likeness (QED) is 0.709. The molecule has 90 valence electrons. The van der Waals surface area contributed by atoms with Crippen LogP contribution < -0.4 is 0 Å². The van der Waals surface area contributed by atoms with Crippen molar-refractivity contribution in [1.29, 1.82) is 0 Å². The van der Waals surface area contributed by atoms with Crippen molar-refractivity contribution in [1.82, 2.24) is 0 Å². The van der Waals surface area contributed by atoms with Gasteiger partial charge in [0.25, 0.3) is 0 Å².